The molecule has 0 fully saturated rings. The van der Waals surface area contributed by atoms with Crippen LogP contribution in [0.2, 0.25) is 0 Å². The van der Waals surface area contributed by atoms with Gasteiger partial charge in [-0.05, 0) is 24.3 Å². The molecule has 0 saturated heterocycles. The summed E-state index contributed by atoms with van der Waals surface area (Å²) in [6.07, 6.45) is 3.60. The van der Waals surface area contributed by atoms with Crippen molar-refractivity contribution in [2.24, 2.45) is 0 Å². The number of carboxylic acids is 1. The fourth-order valence-electron chi connectivity index (χ4n) is 1.41. The molecule has 1 rings (SSSR count). The van der Waals surface area contributed by atoms with Gasteiger partial charge in [0.05, 0.1) is 5.56 Å². The third-order valence-corrected chi connectivity index (χ3v) is 2.18. The predicted molar refractivity (Wildman–Crippen MR) is 66.0 cm³/mol. The van der Waals surface area contributed by atoms with Gasteiger partial charge in [0.1, 0.15) is 0 Å². The molecule has 0 aliphatic rings. The first-order valence-electron chi connectivity index (χ1n) is 4.99. The molecule has 0 aliphatic carbocycles. The Hall–Kier alpha value is -2.03. The van der Waals surface area contributed by atoms with Crippen molar-refractivity contribution in [3.05, 3.63) is 55.1 Å². The van der Waals surface area contributed by atoms with Gasteiger partial charge in [-0.25, -0.2) is 4.79 Å². The zero-order chi connectivity index (χ0) is 12.0. The highest BCUT2D eigenvalue weighted by Gasteiger charge is 2.05. The highest BCUT2D eigenvalue weighted by molar-refractivity contribution is 5.88. The van der Waals surface area contributed by atoms with Gasteiger partial charge in [-0.1, -0.05) is 12.2 Å². The lowest BCUT2D eigenvalue weighted by Gasteiger charge is -2.21. The second kappa shape index (κ2) is 5.75. The topological polar surface area (TPSA) is 40.5 Å². The summed E-state index contributed by atoms with van der Waals surface area (Å²) in [6.45, 7) is 8.78. The molecule has 0 saturated carbocycles. The van der Waals surface area contributed by atoms with Crippen molar-refractivity contribution in [3.63, 3.8) is 0 Å². The average molecular weight is 217 g/mol. The molecule has 84 valence electrons. The van der Waals surface area contributed by atoms with Gasteiger partial charge in [-0.3, -0.25) is 0 Å². The summed E-state index contributed by atoms with van der Waals surface area (Å²) in [4.78, 5) is 12.7. The van der Waals surface area contributed by atoms with Crippen LogP contribution in [-0.2, 0) is 0 Å². The average Bonchev–Trinajstić information content (AvgIpc) is 2.29. The normalized spacial score (nSPS) is 9.50. The Morgan fingerprint density at radius 3 is 2.06 bits per heavy atom. The zero-order valence-corrected chi connectivity index (χ0v) is 9.10. The number of carboxylic acid groups (broad SMARTS) is 1. The second-order valence-electron chi connectivity index (χ2n) is 3.33. The Morgan fingerprint density at radius 2 is 1.69 bits per heavy atom. The monoisotopic (exact) mass is 217 g/mol. The van der Waals surface area contributed by atoms with Crippen LogP contribution >= 0.6 is 0 Å². The smallest absolute Gasteiger partial charge is 0.335 e. The zero-order valence-electron chi connectivity index (χ0n) is 9.10. The molecule has 3 heteroatoms. The van der Waals surface area contributed by atoms with E-state index >= 15 is 0 Å². The Balaban J connectivity index is 2.88. The summed E-state index contributed by atoms with van der Waals surface area (Å²) in [5.74, 6) is -0.912. The van der Waals surface area contributed by atoms with E-state index in [0.29, 0.717) is 18.7 Å². The Labute approximate surface area is 95.3 Å². The number of benzene rings is 1. The molecule has 16 heavy (non-hydrogen) atoms. The third-order valence-electron chi connectivity index (χ3n) is 2.18. The maximum Gasteiger partial charge on any atom is 0.335 e. The first-order chi connectivity index (χ1) is 7.69. The van der Waals surface area contributed by atoms with Gasteiger partial charge in [-0.15, -0.1) is 13.2 Å². The summed E-state index contributed by atoms with van der Waals surface area (Å²) < 4.78 is 0. The molecular formula is C13H15NO2. The number of hydrogen-bond donors (Lipinski definition) is 1. The van der Waals surface area contributed by atoms with Crippen LogP contribution in [0.15, 0.2) is 49.6 Å². The van der Waals surface area contributed by atoms with Crippen LogP contribution in [0.4, 0.5) is 5.69 Å². The number of rotatable bonds is 6. The lowest BCUT2D eigenvalue weighted by atomic mass is 10.2. The van der Waals surface area contributed by atoms with Crippen molar-refractivity contribution in [1.82, 2.24) is 0 Å². The minimum absolute atomic E-state index is 0.293. The molecule has 0 aliphatic heterocycles. The van der Waals surface area contributed by atoms with Gasteiger partial charge in [0, 0.05) is 18.8 Å². The molecule has 0 spiro atoms. The molecule has 0 radical (unpaired) electrons. The standard InChI is InChI=1S/C13H15NO2/c1-3-9-14(10-4-2)12-7-5-11(6-8-12)13(15)16/h3-8H,1-2,9-10H2,(H,15,16). The molecular weight excluding hydrogens is 202 g/mol. The number of nitrogens with zero attached hydrogens (tertiary/aromatic N) is 1. The van der Waals surface area contributed by atoms with E-state index in [1.807, 2.05) is 4.90 Å². The first-order valence-corrected chi connectivity index (χ1v) is 4.99. The maximum atomic E-state index is 10.7. The van der Waals surface area contributed by atoms with Crippen LogP contribution < -0.4 is 4.90 Å². The number of carbonyl (C=O) groups is 1. The van der Waals surface area contributed by atoms with Gasteiger partial charge in [-0.2, -0.15) is 0 Å². The summed E-state index contributed by atoms with van der Waals surface area (Å²) in [5.41, 5.74) is 1.26. The quantitative estimate of drug-likeness (QED) is 0.744. The van der Waals surface area contributed by atoms with Gasteiger partial charge in [0.15, 0.2) is 0 Å². The van der Waals surface area contributed by atoms with Crippen LogP contribution in [-0.4, -0.2) is 24.2 Å². The SMILES string of the molecule is C=CCN(CC=C)c1ccc(C(=O)O)cc1. The van der Waals surface area contributed by atoms with E-state index < -0.39 is 5.97 Å². The molecule has 0 bridgehead atoms. The lowest BCUT2D eigenvalue weighted by molar-refractivity contribution is 0.0697. The van der Waals surface area contributed by atoms with Gasteiger partial charge in [0.2, 0.25) is 0 Å². The van der Waals surface area contributed by atoms with E-state index in [2.05, 4.69) is 13.2 Å². The van der Waals surface area contributed by atoms with Crippen molar-refractivity contribution >= 4 is 11.7 Å². The summed E-state index contributed by atoms with van der Waals surface area (Å²) in [6, 6.07) is 6.76. The maximum absolute atomic E-state index is 10.7. The second-order valence-corrected chi connectivity index (χ2v) is 3.33. The minimum atomic E-state index is -0.912. The molecule has 0 unspecified atom stereocenters. The molecule has 3 nitrogen and oxygen atoms in total. The van der Waals surface area contributed by atoms with E-state index in [4.69, 9.17) is 5.11 Å². The van der Waals surface area contributed by atoms with Crippen LogP contribution in [0, 0.1) is 0 Å². The molecule has 1 aromatic rings. The lowest BCUT2D eigenvalue weighted by Crippen LogP contribution is -2.22. The summed E-state index contributed by atoms with van der Waals surface area (Å²) in [7, 11) is 0. The third kappa shape index (κ3) is 2.98. The van der Waals surface area contributed by atoms with Crippen molar-refractivity contribution in [2.45, 2.75) is 0 Å². The molecule has 0 atom stereocenters. The van der Waals surface area contributed by atoms with Crippen molar-refractivity contribution in [2.75, 3.05) is 18.0 Å². The van der Waals surface area contributed by atoms with Crippen LogP contribution in [0.5, 0.6) is 0 Å². The van der Waals surface area contributed by atoms with Crippen LogP contribution in [0.3, 0.4) is 0 Å². The Kier molecular flexibility index (Phi) is 4.33. The molecule has 1 N–H and O–H groups in total. The highest BCUT2D eigenvalue weighted by Crippen LogP contribution is 2.15. The van der Waals surface area contributed by atoms with E-state index in [9.17, 15) is 4.79 Å². The Morgan fingerprint density at radius 1 is 1.19 bits per heavy atom. The number of hydrogen-bond acceptors (Lipinski definition) is 2. The molecule has 0 amide bonds. The highest BCUT2D eigenvalue weighted by atomic mass is 16.4. The molecule has 1 aromatic carbocycles. The van der Waals surface area contributed by atoms with Crippen molar-refractivity contribution < 1.29 is 9.90 Å². The fraction of sp³-hybridized carbons (Fsp3) is 0.154. The van der Waals surface area contributed by atoms with Crippen molar-refractivity contribution in [1.29, 1.82) is 0 Å². The molecule has 0 heterocycles. The summed E-state index contributed by atoms with van der Waals surface area (Å²) >= 11 is 0. The largest absolute Gasteiger partial charge is 0.478 e. The number of anilines is 1. The Bertz CT molecular complexity index is 371. The van der Waals surface area contributed by atoms with E-state index in [0.717, 1.165) is 5.69 Å². The minimum Gasteiger partial charge on any atom is -0.478 e. The summed E-state index contributed by atoms with van der Waals surface area (Å²) in [5, 5.41) is 8.78. The van der Waals surface area contributed by atoms with Crippen molar-refractivity contribution in [3.8, 4) is 0 Å². The van der Waals surface area contributed by atoms with Gasteiger partial charge < -0.3 is 10.0 Å². The van der Waals surface area contributed by atoms with Gasteiger partial charge in [0.25, 0.3) is 0 Å². The fourth-order valence-corrected chi connectivity index (χ4v) is 1.41. The van der Waals surface area contributed by atoms with E-state index in [1.165, 1.54) is 0 Å². The molecule has 0 aromatic heterocycles. The van der Waals surface area contributed by atoms with Crippen LogP contribution in [0.1, 0.15) is 10.4 Å². The van der Waals surface area contributed by atoms with E-state index in [-0.39, 0.29) is 0 Å². The number of aromatic carboxylic acids is 1. The first kappa shape index (κ1) is 12.0. The van der Waals surface area contributed by atoms with Gasteiger partial charge >= 0.3 is 5.97 Å². The predicted octanol–water partition coefficient (Wildman–Crippen LogP) is 2.56. The van der Waals surface area contributed by atoms with E-state index in [1.54, 1.807) is 36.4 Å². The van der Waals surface area contributed by atoms with Crippen LogP contribution in [0.25, 0.3) is 0 Å².